The number of rotatable bonds is 4. The number of nitrogens with zero attached hydrogens (tertiary/aromatic N) is 3. The van der Waals surface area contributed by atoms with E-state index in [9.17, 15) is 5.11 Å². The zero-order valence-corrected chi connectivity index (χ0v) is 15.3. The Bertz CT molecular complexity index is 963. The molecule has 1 aromatic heterocycles. The molecule has 3 aromatic rings. The van der Waals surface area contributed by atoms with Crippen molar-refractivity contribution < 1.29 is 14.6 Å². The van der Waals surface area contributed by atoms with E-state index in [4.69, 9.17) is 9.47 Å². The molecule has 0 bridgehead atoms. The summed E-state index contributed by atoms with van der Waals surface area (Å²) < 4.78 is 10.8. The van der Waals surface area contributed by atoms with Gasteiger partial charge in [0.1, 0.15) is 17.9 Å². The third kappa shape index (κ3) is 3.33. The first-order valence-electron chi connectivity index (χ1n) is 8.83. The van der Waals surface area contributed by atoms with Crippen molar-refractivity contribution in [3.05, 3.63) is 48.3 Å². The third-order valence-electron chi connectivity index (χ3n) is 4.87. The normalized spacial score (nSPS) is 17.1. The topological polar surface area (TPSA) is 79.7 Å². The molecule has 4 rings (SSSR count). The molecular weight excluding hydrogens is 344 g/mol. The van der Waals surface area contributed by atoms with Crippen LogP contribution in [0.5, 0.6) is 17.2 Å². The first kappa shape index (κ1) is 17.4. The van der Waals surface area contributed by atoms with Crippen LogP contribution in [0.3, 0.4) is 0 Å². The molecule has 0 radical (unpaired) electrons. The van der Waals surface area contributed by atoms with Crippen molar-refractivity contribution in [1.29, 1.82) is 0 Å². The van der Waals surface area contributed by atoms with E-state index in [0.29, 0.717) is 11.5 Å². The SMILES string of the molecule is COc1cc2ncnc(N3CCN[C@@H](c4cccc(O)c4)C3)c2cc1OC. The van der Waals surface area contributed by atoms with Gasteiger partial charge in [0.25, 0.3) is 0 Å². The molecule has 2 heterocycles. The fourth-order valence-electron chi connectivity index (χ4n) is 3.53. The van der Waals surface area contributed by atoms with Crippen LogP contribution in [-0.2, 0) is 0 Å². The van der Waals surface area contributed by atoms with Gasteiger partial charge in [-0.05, 0) is 23.8 Å². The van der Waals surface area contributed by atoms with E-state index in [1.54, 1.807) is 32.7 Å². The molecule has 1 atom stereocenters. The number of fused-ring (bicyclic) bond motifs is 1. The van der Waals surface area contributed by atoms with Crippen molar-refractivity contribution in [3.63, 3.8) is 0 Å². The monoisotopic (exact) mass is 366 g/mol. The van der Waals surface area contributed by atoms with Gasteiger partial charge in [-0.15, -0.1) is 0 Å². The van der Waals surface area contributed by atoms with Crippen LogP contribution in [-0.4, -0.2) is 48.9 Å². The molecule has 140 valence electrons. The van der Waals surface area contributed by atoms with Gasteiger partial charge < -0.3 is 24.8 Å². The summed E-state index contributed by atoms with van der Waals surface area (Å²) >= 11 is 0. The minimum absolute atomic E-state index is 0.107. The second kappa shape index (κ2) is 7.28. The Morgan fingerprint density at radius 1 is 1.11 bits per heavy atom. The summed E-state index contributed by atoms with van der Waals surface area (Å²) in [6, 6.07) is 11.3. The van der Waals surface area contributed by atoms with E-state index in [1.165, 1.54) is 0 Å². The van der Waals surface area contributed by atoms with E-state index < -0.39 is 0 Å². The second-order valence-corrected chi connectivity index (χ2v) is 6.47. The van der Waals surface area contributed by atoms with Crippen LogP contribution < -0.4 is 19.7 Å². The number of hydrogen-bond donors (Lipinski definition) is 2. The maximum absolute atomic E-state index is 9.79. The van der Waals surface area contributed by atoms with Crippen molar-refractivity contribution in [1.82, 2.24) is 15.3 Å². The highest BCUT2D eigenvalue weighted by Gasteiger charge is 2.24. The Kier molecular flexibility index (Phi) is 4.68. The lowest BCUT2D eigenvalue weighted by molar-refractivity contribution is 0.355. The van der Waals surface area contributed by atoms with Crippen LogP contribution >= 0.6 is 0 Å². The molecule has 1 fully saturated rings. The van der Waals surface area contributed by atoms with Gasteiger partial charge in [-0.2, -0.15) is 0 Å². The molecule has 7 nitrogen and oxygen atoms in total. The average Bonchev–Trinajstić information content (AvgIpc) is 2.72. The lowest BCUT2D eigenvalue weighted by atomic mass is 10.0. The fourth-order valence-corrected chi connectivity index (χ4v) is 3.53. The highest BCUT2D eigenvalue weighted by Crippen LogP contribution is 2.35. The molecule has 0 unspecified atom stereocenters. The number of hydrogen-bond acceptors (Lipinski definition) is 7. The summed E-state index contributed by atoms with van der Waals surface area (Å²) in [5.41, 5.74) is 1.86. The minimum Gasteiger partial charge on any atom is -0.508 e. The summed E-state index contributed by atoms with van der Waals surface area (Å²) in [6.45, 7) is 2.39. The maximum atomic E-state index is 9.79. The lowest BCUT2D eigenvalue weighted by Gasteiger charge is -2.35. The summed E-state index contributed by atoms with van der Waals surface area (Å²) in [5.74, 6) is 2.44. The Morgan fingerprint density at radius 2 is 1.93 bits per heavy atom. The van der Waals surface area contributed by atoms with Crippen LogP contribution in [0.25, 0.3) is 10.9 Å². The third-order valence-corrected chi connectivity index (χ3v) is 4.87. The highest BCUT2D eigenvalue weighted by molar-refractivity contribution is 5.92. The first-order valence-corrected chi connectivity index (χ1v) is 8.83. The van der Waals surface area contributed by atoms with Gasteiger partial charge in [-0.25, -0.2) is 9.97 Å². The average molecular weight is 366 g/mol. The van der Waals surface area contributed by atoms with Gasteiger partial charge in [-0.3, -0.25) is 0 Å². The highest BCUT2D eigenvalue weighted by atomic mass is 16.5. The molecule has 7 heteroatoms. The minimum atomic E-state index is 0.107. The quantitative estimate of drug-likeness (QED) is 0.734. The van der Waals surface area contributed by atoms with Crippen LogP contribution in [0.15, 0.2) is 42.7 Å². The molecule has 1 aliphatic rings. The van der Waals surface area contributed by atoms with Crippen LogP contribution in [0.4, 0.5) is 5.82 Å². The standard InChI is InChI=1S/C20H22N4O3/c1-26-18-9-15-16(10-19(18)27-2)22-12-23-20(15)24-7-6-21-17(11-24)13-4-3-5-14(25)8-13/h3-5,8-10,12,17,21,25H,6-7,11H2,1-2H3/t17-/m1/s1. The molecule has 2 aromatic carbocycles. The van der Waals surface area contributed by atoms with E-state index in [0.717, 1.165) is 41.9 Å². The Hall–Kier alpha value is -3.06. The van der Waals surface area contributed by atoms with E-state index in [-0.39, 0.29) is 11.8 Å². The summed E-state index contributed by atoms with van der Waals surface area (Å²) in [4.78, 5) is 11.2. The number of aromatic hydroxyl groups is 1. The largest absolute Gasteiger partial charge is 0.508 e. The Labute approximate surface area is 157 Å². The molecule has 0 spiro atoms. The van der Waals surface area contributed by atoms with Gasteiger partial charge >= 0.3 is 0 Å². The van der Waals surface area contributed by atoms with Crippen LogP contribution in [0, 0.1) is 0 Å². The van der Waals surface area contributed by atoms with Crippen LogP contribution in [0.1, 0.15) is 11.6 Å². The number of phenolic OH excluding ortho intramolecular Hbond substituents is 1. The van der Waals surface area contributed by atoms with Crippen molar-refractivity contribution in [2.24, 2.45) is 0 Å². The summed E-state index contributed by atoms with van der Waals surface area (Å²) in [7, 11) is 3.23. The summed E-state index contributed by atoms with van der Waals surface area (Å²) in [5, 5.41) is 14.2. The predicted octanol–water partition coefficient (Wildman–Crippen LogP) is 2.50. The maximum Gasteiger partial charge on any atom is 0.162 e. The molecule has 2 N–H and O–H groups in total. The van der Waals surface area contributed by atoms with Gasteiger partial charge in [0.05, 0.1) is 25.8 Å². The number of nitrogens with one attached hydrogen (secondary N) is 1. The second-order valence-electron chi connectivity index (χ2n) is 6.47. The molecule has 0 aliphatic carbocycles. The molecule has 1 saturated heterocycles. The Morgan fingerprint density at radius 3 is 2.70 bits per heavy atom. The van der Waals surface area contributed by atoms with Gasteiger partial charge in [0.15, 0.2) is 11.5 Å². The number of phenols is 1. The molecular formula is C20H22N4O3. The van der Waals surface area contributed by atoms with Crippen molar-refractivity contribution >= 4 is 16.7 Å². The summed E-state index contributed by atoms with van der Waals surface area (Å²) in [6.07, 6.45) is 1.58. The van der Waals surface area contributed by atoms with Gasteiger partial charge in [0.2, 0.25) is 0 Å². The smallest absolute Gasteiger partial charge is 0.162 e. The Balaban J connectivity index is 1.71. The van der Waals surface area contributed by atoms with E-state index >= 15 is 0 Å². The molecule has 1 aliphatic heterocycles. The number of aromatic nitrogens is 2. The number of ether oxygens (including phenoxy) is 2. The van der Waals surface area contributed by atoms with Crippen LogP contribution in [0.2, 0.25) is 0 Å². The number of piperazine rings is 1. The predicted molar refractivity (Wildman–Crippen MR) is 104 cm³/mol. The van der Waals surface area contributed by atoms with Gasteiger partial charge in [0, 0.05) is 31.1 Å². The van der Waals surface area contributed by atoms with E-state index in [2.05, 4.69) is 20.2 Å². The van der Waals surface area contributed by atoms with Crippen molar-refractivity contribution in [2.45, 2.75) is 6.04 Å². The molecule has 0 saturated carbocycles. The molecule has 27 heavy (non-hydrogen) atoms. The first-order chi connectivity index (χ1) is 13.2. The number of anilines is 1. The van der Waals surface area contributed by atoms with Crippen molar-refractivity contribution in [3.8, 4) is 17.2 Å². The zero-order valence-electron chi connectivity index (χ0n) is 15.3. The van der Waals surface area contributed by atoms with Gasteiger partial charge in [-0.1, -0.05) is 12.1 Å². The van der Waals surface area contributed by atoms with Crippen molar-refractivity contribution in [2.75, 3.05) is 38.8 Å². The lowest BCUT2D eigenvalue weighted by Crippen LogP contribution is -2.46. The fraction of sp³-hybridized carbons (Fsp3) is 0.300. The number of methoxy groups -OCH3 is 2. The molecule has 0 amide bonds. The number of benzene rings is 2. The zero-order chi connectivity index (χ0) is 18.8. The van der Waals surface area contributed by atoms with E-state index in [1.807, 2.05) is 24.3 Å².